The first kappa shape index (κ1) is 15.6. The molecule has 1 aliphatic heterocycles. The van der Waals surface area contributed by atoms with Gasteiger partial charge in [0.25, 0.3) is 11.8 Å². The van der Waals surface area contributed by atoms with E-state index < -0.39 is 17.8 Å². The van der Waals surface area contributed by atoms with Crippen LogP contribution in [0.15, 0.2) is 23.8 Å². The largest absolute Gasteiger partial charge is 0.504 e. The lowest BCUT2D eigenvalue weighted by molar-refractivity contribution is -0.130. The predicted molar refractivity (Wildman–Crippen MR) is 77.9 cm³/mol. The fourth-order valence-electron chi connectivity index (χ4n) is 2.01. The summed E-state index contributed by atoms with van der Waals surface area (Å²) in [5, 5.41) is 20.8. The quantitative estimate of drug-likeness (QED) is 0.442. The van der Waals surface area contributed by atoms with Crippen LogP contribution in [0, 0.1) is 0 Å². The Morgan fingerprint density at radius 1 is 1.18 bits per heavy atom. The number of carbonyl (C=O) groups is 3. The standard InChI is InChI=1S/C15H16N2O5/c1-2-3-6-17-14(21)10(13(20)16-15(17)22)7-9-4-5-11(18)12(19)8-9/h4-5,7-8,18-19H,2-3,6H2,1H3,(H,16,20,22)/b10-7-. The first-order chi connectivity index (χ1) is 10.4. The normalized spacial score (nSPS) is 17.0. The van der Waals surface area contributed by atoms with Gasteiger partial charge < -0.3 is 10.2 Å². The highest BCUT2D eigenvalue weighted by Gasteiger charge is 2.35. The van der Waals surface area contributed by atoms with E-state index in [4.69, 9.17) is 0 Å². The summed E-state index contributed by atoms with van der Waals surface area (Å²) in [7, 11) is 0. The van der Waals surface area contributed by atoms with Crippen molar-refractivity contribution in [3.8, 4) is 11.5 Å². The van der Waals surface area contributed by atoms with Gasteiger partial charge in [-0.1, -0.05) is 19.4 Å². The lowest BCUT2D eigenvalue weighted by Gasteiger charge is -2.26. The number of rotatable bonds is 4. The molecule has 0 aromatic heterocycles. The van der Waals surface area contributed by atoms with E-state index in [1.54, 1.807) is 0 Å². The highest BCUT2D eigenvalue weighted by molar-refractivity contribution is 6.31. The molecular formula is C15H16N2O5. The Bertz CT molecular complexity index is 666. The Hall–Kier alpha value is -2.83. The third-order valence-corrected chi connectivity index (χ3v) is 3.23. The van der Waals surface area contributed by atoms with E-state index in [0.29, 0.717) is 12.0 Å². The topological polar surface area (TPSA) is 107 Å². The van der Waals surface area contributed by atoms with Crippen LogP contribution in [-0.2, 0) is 9.59 Å². The second-order valence-electron chi connectivity index (χ2n) is 4.88. The molecule has 3 N–H and O–H groups in total. The maximum Gasteiger partial charge on any atom is 0.331 e. The van der Waals surface area contributed by atoms with Gasteiger partial charge in [0.1, 0.15) is 5.57 Å². The van der Waals surface area contributed by atoms with Crippen LogP contribution < -0.4 is 5.32 Å². The Morgan fingerprint density at radius 3 is 2.55 bits per heavy atom. The SMILES string of the molecule is CCCCN1C(=O)NC(=O)/C(=C/c2ccc(O)c(O)c2)C1=O. The molecule has 1 saturated heterocycles. The van der Waals surface area contributed by atoms with Crippen molar-refractivity contribution >= 4 is 23.9 Å². The maximum atomic E-state index is 12.3. The fourth-order valence-corrected chi connectivity index (χ4v) is 2.01. The number of amides is 4. The molecule has 116 valence electrons. The minimum Gasteiger partial charge on any atom is -0.504 e. The molecule has 1 fully saturated rings. The number of carbonyl (C=O) groups excluding carboxylic acids is 3. The number of urea groups is 1. The van der Waals surface area contributed by atoms with Gasteiger partial charge in [0, 0.05) is 6.54 Å². The van der Waals surface area contributed by atoms with E-state index in [1.165, 1.54) is 24.3 Å². The van der Waals surface area contributed by atoms with Gasteiger partial charge in [-0.25, -0.2) is 4.79 Å². The van der Waals surface area contributed by atoms with E-state index >= 15 is 0 Å². The summed E-state index contributed by atoms with van der Waals surface area (Å²) in [4.78, 5) is 36.8. The van der Waals surface area contributed by atoms with Crippen molar-refractivity contribution < 1.29 is 24.6 Å². The highest BCUT2D eigenvalue weighted by atomic mass is 16.3. The molecule has 0 radical (unpaired) electrons. The summed E-state index contributed by atoms with van der Waals surface area (Å²) < 4.78 is 0. The van der Waals surface area contributed by atoms with Crippen molar-refractivity contribution in [2.75, 3.05) is 6.54 Å². The molecule has 4 amide bonds. The molecule has 0 atom stereocenters. The average molecular weight is 304 g/mol. The summed E-state index contributed by atoms with van der Waals surface area (Å²) in [6, 6.07) is 3.17. The number of hydrogen-bond acceptors (Lipinski definition) is 5. The van der Waals surface area contributed by atoms with Gasteiger partial charge in [-0.05, 0) is 30.2 Å². The lowest BCUT2D eigenvalue weighted by atomic mass is 10.1. The van der Waals surface area contributed by atoms with Gasteiger partial charge in [-0.3, -0.25) is 19.8 Å². The third-order valence-electron chi connectivity index (χ3n) is 3.23. The van der Waals surface area contributed by atoms with Crippen LogP contribution in [0.4, 0.5) is 4.79 Å². The van der Waals surface area contributed by atoms with Gasteiger partial charge in [0.05, 0.1) is 0 Å². The van der Waals surface area contributed by atoms with Gasteiger partial charge >= 0.3 is 6.03 Å². The summed E-state index contributed by atoms with van der Waals surface area (Å²) in [5.74, 6) is -2.12. The number of phenolic OH excluding ortho intramolecular Hbond substituents is 2. The van der Waals surface area contributed by atoms with Crippen molar-refractivity contribution in [2.24, 2.45) is 0 Å². The summed E-state index contributed by atoms with van der Waals surface area (Å²) in [6.07, 6.45) is 2.71. The number of benzene rings is 1. The van der Waals surface area contributed by atoms with Crippen molar-refractivity contribution in [1.29, 1.82) is 0 Å². The average Bonchev–Trinajstić information content (AvgIpc) is 2.47. The third kappa shape index (κ3) is 3.08. The zero-order valence-corrected chi connectivity index (χ0v) is 12.0. The lowest BCUT2D eigenvalue weighted by Crippen LogP contribution is -2.54. The van der Waals surface area contributed by atoms with Gasteiger partial charge in [0.15, 0.2) is 11.5 Å². The van der Waals surface area contributed by atoms with Crippen LogP contribution >= 0.6 is 0 Å². The predicted octanol–water partition coefficient (Wildman–Crippen LogP) is 1.36. The van der Waals surface area contributed by atoms with Crippen molar-refractivity contribution in [3.05, 3.63) is 29.3 Å². The first-order valence-corrected chi connectivity index (χ1v) is 6.85. The monoisotopic (exact) mass is 304 g/mol. The number of hydrogen-bond donors (Lipinski definition) is 3. The Kier molecular flexibility index (Phi) is 4.45. The molecule has 1 aliphatic rings. The number of nitrogens with one attached hydrogen (secondary N) is 1. The maximum absolute atomic E-state index is 12.3. The Balaban J connectivity index is 2.32. The van der Waals surface area contributed by atoms with Crippen LogP contribution in [-0.4, -0.2) is 39.5 Å². The number of phenols is 2. The Morgan fingerprint density at radius 2 is 1.91 bits per heavy atom. The fraction of sp³-hybridized carbons (Fsp3) is 0.267. The molecule has 0 bridgehead atoms. The molecule has 2 rings (SSSR count). The van der Waals surface area contributed by atoms with Crippen LogP contribution in [0.1, 0.15) is 25.3 Å². The molecule has 0 spiro atoms. The Labute approximate surface area is 126 Å². The summed E-state index contributed by atoms with van der Waals surface area (Å²) >= 11 is 0. The van der Waals surface area contributed by atoms with Gasteiger partial charge in [-0.15, -0.1) is 0 Å². The summed E-state index contributed by atoms with van der Waals surface area (Å²) in [6.45, 7) is 2.15. The molecule has 1 aromatic rings. The van der Waals surface area contributed by atoms with E-state index in [0.717, 1.165) is 11.3 Å². The van der Waals surface area contributed by atoms with Gasteiger partial charge in [-0.2, -0.15) is 0 Å². The van der Waals surface area contributed by atoms with Gasteiger partial charge in [0.2, 0.25) is 0 Å². The molecule has 1 heterocycles. The van der Waals surface area contributed by atoms with Crippen LogP contribution in [0.25, 0.3) is 6.08 Å². The molecule has 7 heteroatoms. The summed E-state index contributed by atoms with van der Waals surface area (Å²) in [5.41, 5.74) is 0.166. The van der Waals surface area contributed by atoms with Crippen molar-refractivity contribution in [2.45, 2.75) is 19.8 Å². The minimum absolute atomic E-state index is 0.194. The van der Waals surface area contributed by atoms with Crippen molar-refractivity contribution in [3.63, 3.8) is 0 Å². The number of imide groups is 2. The number of aromatic hydroxyl groups is 2. The molecule has 1 aromatic carbocycles. The molecule has 0 aliphatic carbocycles. The molecule has 7 nitrogen and oxygen atoms in total. The van der Waals surface area contributed by atoms with E-state index in [9.17, 15) is 24.6 Å². The number of barbiturate groups is 1. The van der Waals surface area contributed by atoms with Crippen molar-refractivity contribution in [1.82, 2.24) is 10.2 Å². The van der Waals surface area contributed by atoms with Crippen LogP contribution in [0.3, 0.4) is 0 Å². The zero-order chi connectivity index (χ0) is 16.3. The minimum atomic E-state index is -0.782. The van der Waals surface area contributed by atoms with Crippen LogP contribution in [0.5, 0.6) is 11.5 Å². The smallest absolute Gasteiger partial charge is 0.331 e. The zero-order valence-electron chi connectivity index (χ0n) is 12.0. The van der Waals surface area contributed by atoms with Crippen LogP contribution in [0.2, 0.25) is 0 Å². The molecule has 22 heavy (non-hydrogen) atoms. The second kappa shape index (κ2) is 6.30. The first-order valence-electron chi connectivity index (χ1n) is 6.85. The molecule has 0 unspecified atom stereocenters. The highest BCUT2D eigenvalue weighted by Crippen LogP contribution is 2.26. The molecule has 0 saturated carbocycles. The van der Waals surface area contributed by atoms with E-state index in [2.05, 4.69) is 5.32 Å². The van der Waals surface area contributed by atoms with E-state index in [1.807, 2.05) is 6.92 Å². The second-order valence-corrected chi connectivity index (χ2v) is 4.88. The number of nitrogens with zero attached hydrogens (tertiary/aromatic N) is 1. The number of unbranched alkanes of at least 4 members (excludes halogenated alkanes) is 1. The molecular weight excluding hydrogens is 288 g/mol. The van der Waals surface area contributed by atoms with E-state index in [-0.39, 0.29) is 23.6 Å².